The highest BCUT2D eigenvalue weighted by Crippen LogP contribution is 2.32. The second kappa shape index (κ2) is 9.34. The van der Waals surface area contributed by atoms with Gasteiger partial charge in [-0.3, -0.25) is 13.8 Å². The molecule has 0 N–H and O–H groups in total. The molecule has 0 bridgehead atoms. The fraction of sp³-hybridized carbons (Fsp3) is 0.280. The maximum Gasteiger partial charge on any atom is 0.374 e. The second-order valence-corrected chi connectivity index (χ2v) is 8.80. The minimum absolute atomic E-state index is 0.0640. The Hall–Kier alpha value is -3.59. The van der Waals surface area contributed by atoms with Gasteiger partial charge in [-0.1, -0.05) is 55.4 Å². The standard InChI is InChI=1S/C25H24N4O4S/c1-3-5-14-28-22(30)17-11-6-8-12-19(17)29-24(28)26-27-25(29)34-15-18-16-10-7-9-13-20(16)33-21(18)23(31)32-4-2/h6-13H,3-5,14-15H2,1-2H3. The van der Waals surface area contributed by atoms with E-state index in [9.17, 15) is 9.59 Å². The van der Waals surface area contributed by atoms with E-state index in [2.05, 4.69) is 17.1 Å². The zero-order chi connectivity index (χ0) is 23.7. The van der Waals surface area contributed by atoms with Crippen LogP contribution in [0.15, 0.2) is 62.9 Å². The number of carbonyl (C=O) groups excluding carboxylic acids is 1. The number of ether oxygens (including phenoxy) is 1. The number of aromatic nitrogens is 4. The highest BCUT2D eigenvalue weighted by molar-refractivity contribution is 7.98. The predicted molar refractivity (Wildman–Crippen MR) is 131 cm³/mol. The zero-order valence-corrected chi connectivity index (χ0v) is 19.8. The Labute approximate surface area is 199 Å². The van der Waals surface area contributed by atoms with Crippen LogP contribution < -0.4 is 5.56 Å². The van der Waals surface area contributed by atoms with Gasteiger partial charge >= 0.3 is 5.97 Å². The number of fused-ring (bicyclic) bond motifs is 4. The van der Waals surface area contributed by atoms with E-state index in [-0.39, 0.29) is 17.9 Å². The van der Waals surface area contributed by atoms with Gasteiger partial charge in [0.1, 0.15) is 5.58 Å². The van der Waals surface area contributed by atoms with Crippen molar-refractivity contribution in [2.24, 2.45) is 0 Å². The van der Waals surface area contributed by atoms with E-state index in [0.29, 0.717) is 34.2 Å². The average Bonchev–Trinajstić information content (AvgIpc) is 3.44. The number of carbonyl (C=O) groups is 1. The zero-order valence-electron chi connectivity index (χ0n) is 19.0. The smallest absolute Gasteiger partial charge is 0.374 e. The number of aryl methyl sites for hydroxylation is 1. The van der Waals surface area contributed by atoms with Crippen molar-refractivity contribution in [1.29, 1.82) is 0 Å². The van der Waals surface area contributed by atoms with Gasteiger partial charge in [0.15, 0.2) is 5.16 Å². The first-order valence-corrected chi connectivity index (χ1v) is 12.3. The molecule has 0 saturated heterocycles. The van der Waals surface area contributed by atoms with E-state index >= 15 is 0 Å². The molecule has 9 heteroatoms. The molecule has 2 aromatic carbocycles. The molecule has 34 heavy (non-hydrogen) atoms. The van der Waals surface area contributed by atoms with E-state index in [0.717, 1.165) is 29.3 Å². The van der Waals surface area contributed by atoms with E-state index < -0.39 is 5.97 Å². The molecule has 3 heterocycles. The lowest BCUT2D eigenvalue weighted by molar-refractivity contribution is 0.0491. The third kappa shape index (κ3) is 3.75. The van der Waals surface area contributed by atoms with Gasteiger partial charge in [-0.25, -0.2) is 4.79 Å². The van der Waals surface area contributed by atoms with Gasteiger partial charge < -0.3 is 9.15 Å². The molecule has 8 nitrogen and oxygen atoms in total. The minimum Gasteiger partial charge on any atom is -0.460 e. The molecule has 3 aromatic heterocycles. The molecule has 5 rings (SSSR count). The highest BCUT2D eigenvalue weighted by Gasteiger charge is 2.23. The van der Waals surface area contributed by atoms with Crippen molar-refractivity contribution < 1.29 is 13.9 Å². The van der Waals surface area contributed by atoms with Crippen LogP contribution in [-0.4, -0.2) is 31.7 Å². The van der Waals surface area contributed by atoms with Crippen LogP contribution >= 0.6 is 11.8 Å². The summed E-state index contributed by atoms with van der Waals surface area (Å²) in [5, 5.41) is 10.9. The van der Waals surface area contributed by atoms with E-state index in [1.54, 1.807) is 11.5 Å². The number of furan rings is 1. The Kier molecular flexibility index (Phi) is 6.10. The van der Waals surface area contributed by atoms with Crippen molar-refractivity contribution in [3.05, 3.63) is 70.2 Å². The van der Waals surface area contributed by atoms with Crippen molar-refractivity contribution in [3.63, 3.8) is 0 Å². The Morgan fingerprint density at radius 1 is 1.06 bits per heavy atom. The molecular weight excluding hydrogens is 452 g/mol. The number of para-hydroxylation sites is 2. The van der Waals surface area contributed by atoms with E-state index in [1.807, 2.05) is 52.9 Å². The number of thioether (sulfide) groups is 1. The molecular formula is C25H24N4O4S. The maximum atomic E-state index is 13.1. The summed E-state index contributed by atoms with van der Waals surface area (Å²) in [5.41, 5.74) is 2.07. The highest BCUT2D eigenvalue weighted by atomic mass is 32.2. The Morgan fingerprint density at radius 2 is 1.82 bits per heavy atom. The predicted octanol–water partition coefficient (Wildman–Crippen LogP) is 5.06. The summed E-state index contributed by atoms with van der Waals surface area (Å²) in [7, 11) is 0. The summed E-state index contributed by atoms with van der Waals surface area (Å²) in [6, 6.07) is 15.0. The van der Waals surface area contributed by atoms with Crippen molar-refractivity contribution in [3.8, 4) is 0 Å². The number of hydrogen-bond acceptors (Lipinski definition) is 7. The largest absolute Gasteiger partial charge is 0.460 e. The van der Waals surface area contributed by atoms with Gasteiger partial charge in [0.05, 0.1) is 17.5 Å². The van der Waals surface area contributed by atoms with E-state index in [1.165, 1.54) is 11.8 Å². The lowest BCUT2D eigenvalue weighted by Crippen LogP contribution is -2.23. The van der Waals surface area contributed by atoms with Gasteiger partial charge in [-0.2, -0.15) is 0 Å². The molecule has 0 amide bonds. The molecule has 0 spiro atoms. The third-order valence-electron chi connectivity index (χ3n) is 5.72. The van der Waals surface area contributed by atoms with Crippen LogP contribution in [-0.2, 0) is 17.0 Å². The van der Waals surface area contributed by atoms with Crippen molar-refractivity contribution in [2.75, 3.05) is 6.61 Å². The SMILES string of the molecule is CCCCn1c(=O)c2ccccc2n2c(SCc3c(C(=O)OCC)oc4ccccc34)nnc12. The molecule has 0 saturated carbocycles. The first kappa shape index (κ1) is 22.2. The lowest BCUT2D eigenvalue weighted by Gasteiger charge is -2.11. The number of rotatable bonds is 8. The summed E-state index contributed by atoms with van der Waals surface area (Å²) in [6.07, 6.45) is 1.83. The van der Waals surface area contributed by atoms with Gasteiger partial charge in [-0.05, 0) is 31.5 Å². The third-order valence-corrected chi connectivity index (χ3v) is 6.67. The van der Waals surface area contributed by atoms with Crippen LogP contribution in [0.25, 0.3) is 27.6 Å². The monoisotopic (exact) mass is 476 g/mol. The Bertz CT molecular complexity index is 1570. The topological polar surface area (TPSA) is 91.6 Å². The molecule has 174 valence electrons. The summed E-state index contributed by atoms with van der Waals surface area (Å²) in [4.78, 5) is 25.7. The number of hydrogen-bond donors (Lipinski definition) is 0. The first-order chi connectivity index (χ1) is 16.6. The van der Waals surface area contributed by atoms with Gasteiger partial charge in [0.25, 0.3) is 5.56 Å². The molecule has 0 fully saturated rings. The number of nitrogens with zero attached hydrogens (tertiary/aromatic N) is 4. The normalized spacial score (nSPS) is 11.6. The summed E-state index contributed by atoms with van der Waals surface area (Å²) >= 11 is 1.44. The van der Waals surface area contributed by atoms with Crippen LogP contribution in [0.1, 0.15) is 42.8 Å². The molecule has 0 aliphatic heterocycles. The van der Waals surface area contributed by atoms with Crippen LogP contribution in [0.3, 0.4) is 0 Å². The number of benzene rings is 2. The average molecular weight is 477 g/mol. The number of esters is 1. The Balaban J connectivity index is 1.61. The maximum absolute atomic E-state index is 13.1. The molecule has 0 aliphatic rings. The molecule has 5 aromatic rings. The van der Waals surface area contributed by atoms with Crippen LogP contribution in [0.5, 0.6) is 0 Å². The van der Waals surface area contributed by atoms with Crippen molar-refractivity contribution in [2.45, 2.75) is 44.1 Å². The van der Waals surface area contributed by atoms with Crippen LogP contribution in [0.2, 0.25) is 0 Å². The fourth-order valence-electron chi connectivity index (χ4n) is 4.09. The van der Waals surface area contributed by atoms with Gasteiger partial charge in [0.2, 0.25) is 11.5 Å². The minimum atomic E-state index is -0.487. The van der Waals surface area contributed by atoms with Crippen molar-refractivity contribution >= 4 is 45.4 Å². The van der Waals surface area contributed by atoms with Crippen molar-refractivity contribution in [1.82, 2.24) is 19.2 Å². The summed E-state index contributed by atoms with van der Waals surface area (Å²) in [6.45, 7) is 4.69. The quantitative estimate of drug-likeness (QED) is 0.228. The molecule has 0 aliphatic carbocycles. The van der Waals surface area contributed by atoms with Gasteiger partial charge in [0, 0.05) is 23.2 Å². The second-order valence-electron chi connectivity index (χ2n) is 7.86. The summed E-state index contributed by atoms with van der Waals surface area (Å²) < 4.78 is 14.7. The first-order valence-electron chi connectivity index (χ1n) is 11.3. The number of unbranched alkanes of at least 4 members (excludes halogenated alkanes) is 1. The van der Waals surface area contributed by atoms with E-state index in [4.69, 9.17) is 9.15 Å². The summed E-state index contributed by atoms with van der Waals surface area (Å²) in [5.74, 6) is 0.657. The molecule has 0 unspecified atom stereocenters. The Morgan fingerprint density at radius 3 is 2.62 bits per heavy atom. The van der Waals surface area contributed by atoms with Crippen LogP contribution in [0.4, 0.5) is 0 Å². The van der Waals surface area contributed by atoms with Crippen LogP contribution in [0, 0.1) is 0 Å². The lowest BCUT2D eigenvalue weighted by atomic mass is 10.1. The fourth-order valence-corrected chi connectivity index (χ4v) is 5.05. The molecule has 0 atom stereocenters. The van der Waals surface area contributed by atoms with Gasteiger partial charge in [-0.15, -0.1) is 10.2 Å². The molecule has 0 radical (unpaired) electrons.